The second kappa shape index (κ2) is 26.9. The fraction of sp³-hybridized carbons (Fsp3) is 0.319. The van der Waals surface area contributed by atoms with Crippen molar-refractivity contribution in [2.75, 3.05) is 52.4 Å². The van der Waals surface area contributed by atoms with Crippen LogP contribution in [0.3, 0.4) is 0 Å². The molecule has 376 valence electrons. The number of rotatable bonds is 13. The van der Waals surface area contributed by atoms with E-state index in [0.717, 1.165) is 38.0 Å². The number of aliphatic carboxylic acids is 2. The number of methoxy groups -OCH3 is 2. The number of alkyl halides is 1. The Kier molecular flexibility index (Phi) is 20.8. The zero-order valence-electron chi connectivity index (χ0n) is 37.9. The summed E-state index contributed by atoms with van der Waals surface area (Å²) in [6.07, 6.45) is 11.5. The molecule has 2 saturated heterocycles. The zero-order valence-corrected chi connectivity index (χ0v) is 44.3. The molecule has 8 rings (SSSR count). The molecule has 4 aliphatic heterocycles. The second-order valence-electron chi connectivity index (χ2n) is 15.4. The number of carboxylic acids is 2. The van der Waals surface area contributed by atoms with Crippen molar-refractivity contribution >= 4 is 106 Å². The number of aliphatic imine (C=N–C) groups is 2. The van der Waals surface area contributed by atoms with E-state index < -0.39 is 47.9 Å². The van der Waals surface area contributed by atoms with Gasteiger partial charge in [0.2, 0.25) is 0 Å². The lowest BCUT2D eigenvalue weighted by Gasteiger charge is -2.34. The molecule has 4 aliphatic rings. The molecule has 2 aromatic carbocycles. The summed E-state index contributed by atoms with van der Waals surface area (Å²) in [6, 6.07) is 7.10. The smallest absolute Gasteiger partial charge is 0.338 e. The number of hydrogen-bond donors (Lipinski definition) is 4. The summed E-state index contributed by atoms with van der Waals surface area (Å²) < 4.78 is 49.3. The van der Waals surface area contributed by atoms with E-state index in [0.29, 0.717) is 95.9 Å². The highest BCUT2D eigenvalue weighted by atomic mass is 79.9. The van der Waals surface area contributed by atoms with Gasteiger partial charge in [-0.25, -0.2) is 37.9 Å². The molecule has 0 radical (unpaired) electrons. The molecule has 0 spiro atoms. The number of nitrogens with zero attached hydrogens (tertiary/aromatic N) is 5. The molecule has 2 fully saturated rings. The Hall–Kier alpha value is -5.34. The highest BCUT2D eigenvalue weighted by Gasteiger charge is 2.36. The maximum Gasteiger partial charge on any atom is 0.338 e. The van der Waals surface area contributed by atoms with Crippen LogP contribution in [0.4, 0.5) is 8.78 Å². The summed E-state index contributed by atoms with van der Waals surface area (Å²) in [4.78, 5) is 66.4. The van der Waals surface area contributed by atoms with Crippen molar-refractivity contribution in [2.45, 2.75) is 43.6 Å². The minimum atomic E-state index is -1.05. The van der Waals surface area contributed by atoms with Gasteiger partial charge in [0.1, 0.15) is 23.7 Å². The molecule has 4 atom stereocenters. The van der Waals surface area contributed by atoms with Crippen molar-refractivity contribution in [3.05, 3.63) is 148 Å². The summed E-state index contributed by atoms with van der Waals surface area (Å²) in [5.74, 6) is -2.77. The molecule has 0 unspecified atom stereocenters. The van der Waals surface area contributed by atoms with Gasteiger partial charge in [0.25, 0.3) is 0 Å². The molecule has 24 heteroatoms. The van der Waals surface area contributed by atoms with Crippen LogP contribution < -0.4 is 10.6 Å². The first-order chi connectivity index (χ1) is 34.2. The molecule has 2 aromatic heterocycles. The summed E-state index contributed by atoms with van der Waals surface area (Å²) >= 11 is 13.0. The second-order valence-corrected chi connectivity index (χ2v) is 19.4. The van der Waals surface area contributed by atoms with Crippen LogP contribution in [0.5, 0.6) is 0 Å². The lowest BCUT2D eigenvalue weighted by Crippen LogP contribution is -2.46. The van der Waals surface area contributed by atoms with Gasteiger partial charge in [-0.3, -0.25) is 14.9 Å². The topological polar surface area (TPSA) is 223 Å². The lowest BCUT2D eigenvalue weighted by atomic mass is 9.95. The Bertz CT molecular complexity index is 2730. The molecule has 0 amide bonds. The van der Waals surface area contributed by atoms with Crippen LogP contribution in [0.25, 0.3) is 0 Å². The number of hydrogen-bond acceptors (Lipinski definition) is 17. The number of halogens is 5. The van der Waals surface area contributed by atoms with Crippen molar-refractivity contribution in [3.63, 3.8) is 0 Å². The largest absolute Gasteiger partial charge is 0.478 e. The fourth-order valence-electron chi connectivity index (χ4n) is 7.43. The number of ether oxygens (including phenoxy) is 4. The number of morpholine rings is 1. The standard InChI is InChI=1S/C23H22BrFN4O5S.C16H12Br2FN3O2S.C8H12O3/c1-33-23(32)19-17(12-29-7-8-34-14(11-29)3-5-18(30)31)27-21(22-26-6-9-35-22)28-20(19)15-4-2-13(25)10-16(15)24;1-24-16(23)12-11(7-17)21-14(15-20-4-5-25-15)22-13(12)9-3-2-8(19)6-10(9)18;9-8(10)5-4-7-3-1-2-6-11-7/h2-6,9-10,14,20H,7-8,11-12H2,1H3,(H,27,28)(H,30,31);2-6,13H,7H2,1H3,(H,21,22);4-5,7H,1-3,6H2,(H,9,10)/b5-3+;;5-4+/t14-,20+;13-;7-/m100/s1. The molecular formula is C47H46Br3F2N7O10S2. The third-order valence-corrected chi connectivity index (χ3v) is 14.2. The average Bonchev–Trinajstić information content (AvgIpc) is 4.12. The lowest BCUT2D eigenvalue weighted by molar-refractivity contribution is -0.137. The fourth-order valence-corrected chi connectivity index (χ4v) is 10.2. The number of carbonyl (C=O) groups excluding carboxylic acids is 2. The Balaban J connectivity index is 0.000000198. The Morgan fingerprint density at radius 2 is 1.28 bits per heavy atom. The first-order valence-corrected chi connectivity index (χ1v) is 26.0. The minimum absolute atomic E-state index is 0.0276. The Labute approximate surface area is 439 Å². The number of carbonyl (C=O) groups is 4. The van der Waals surface area contributed by atoms with Crippen LogP contribution >= 0.6 is 70.5 Å². The molecule has 71 heavy (non-hydrogen) atoms. The number of benzene rings is 2. The first kappa shape index (κ1) is 55.0. The van der Waals surface area contributed by atoms with Crippen LogP contribution in [0.1, 0.15) is 52.5 Å². The van der Waals surface area contributed by atoms with E-state index in [4.69, 9.17) is 34.2 Å². The maximum absolute atomic E-state index is 13.8. The zero-order chi connectivity index (χ0) is 51.0. The normalized spacial score (nSPS) is 20.4. The van der Waals surface area contributed by atoms with Gasteiger partial charge >= 0.3 is 23.9 Å². The van der Waals surface area contributed by atoms with Crippen LogP contribution in [-0.4, -0.2) is 125 Å². The molecule has 0 bridgehead atoms. The predicted octanol–water partition coefficient (Wildman–Crippen LogP) is 8.06. The minimum Gasteiger partial charge on any atom is -0.478 e. The van der Waals surface area contributed by atoms with Crippen molar-refractivity contribution < 1.29 is 57.1 Å². The van der Waals surface area contributed by atoms with E-state index in [1.54, 1.807) is 30.6 Å². The van der Waals surface area contributed by atoms with Gasteiger partial charge in [-0.2, -0.15) is 0 Å². The van der Waals surface area contributed by atoms with E-state index in [1.165, 1.54) is 67.2 Å². The number of carboxylic acid groups (broad SMARTS) is 2. The number of esters is 2. The number of thiazole rings is 2. The van der Waals surface area contributed by atoms with E-state index in [1.807, 2.05) is 15.7 Å². The van der Waals surface area contributed by atoms with Gasteiger partial charge < -0.3 is 39.8 Å². The summed E-state index contributed by atoms with van der Waals surface area (Å²) in [7, 11) is 2.61. The number of nitrogens with one attached hydrogen (secondary N) is 2. The van der Waals surface area contributed by atoms with E-state index in [9.17, 15) is 28.0 Å². The molecular weight excluding hydrogens is 1160 g/mol. The van der Waals surface area contributed by atoms with Crippen LogP contribution in [0.2, 0.25) is 0 Å². The SMILES string of the molecule is COC(=O)C1=C(CBr)NC(c2nccs2)=N[C@H]1c1ccc(F)cc1Br.COC(=O)C1=C(CN2CCO[C@H](/C=C/C(=O)O)C2)NC(c2nccs2)=N[C@H]1c1ccc(F)cc1Br.O=C(O)/C=C/[C@@H]1CCCCO1. The first-order valence-electron chi connectivity index (χ1n) is 21.5. The monoisotopic (exact) mass is 1210 g/mol. The highest BCUT2D eigenvalue weighted by molar-refractivity contribution is 9.11. The highest BCUT2D eigenvalue weighted by Crippen LogP contribution is 2.39. The maximum atomic E-state index is 13.8. The van der Waals surface area contributed by atoms with Gasteiger partial charge in [-0.15, -0.1) is 22.7 Å². The molecule has 17 nitrogen and oxygen atoms in total. The molecule has 4 N–H and O–H groups in total. The van der Waals surface area contributed by atoms with Gasteiger partial charge in [0.05, 0.1) is 44.2 Å². The summed E-state index contributed by atoms with van der Waals surface area (Å²) in [6.45, 7) is 2.49. The Morgan fingerprint density at radius 3 is 1.73 bits per heavy atom. The van der Waals surface area contributed by atoms with E-state index >= 15 is 0 Å². The summed E-state index contributed by atoms with van der Waals surface area (Å²) in [5, 5.41) is 29.0. The van der Waals surface area contributed by atoms with Crippen molar-refractivity contribution in [2.24, 2.45) is 9.98 Å². The number of aromatic nitrogens is 2. The van der Waals surface area contributed by atoms with Gasteiger partial charge in [0.15, 0.2) is 21.7 Å². The Morgan fingerprint density at radius 1 is 0.775 bits per heavy atom. The predicted molar refractivity (Wildman–Crippen MR) is 272 cm³/mol. The molecule has 0 aliphatic carbocycles. The number of amidine groups is 2. The van der Waals surface area contributed by atoms with Gasteiger partial charge in [-0.1, -0.05) is 59.9 Å². The van der Waals surface area contributed by atoms with E-state index in [-0.39, 0.29) is 11.9 Å². The van der Waals surface area contributed by atoms with Gasteiger partial charge in [-0.05, 0) is 66.8 Å². The quantitative estimate of drug-likeness (QED) is 0.0565. The van der Waals surface area contributed by atoms with Crippen LogP contribution in [0, 0.1) is 11.6 Å². The molecule has 0 saturated carbocycles. The summed E-state index contributed by atoms with van der Waals surface area (Å²) in [5.41, 5.74) is 3.13. The average molecular weight is 1210 g/mol. The van der Waals surface area contributed by atoms with Crippen LogP contribution in [0.15, 0.2) is 125 Å². The third-order valence-electron chi connectivity index (χ3n) is 10.7. The van der Waals surface area contributed by atoms with Crippen molar-refractivity contribution in [3.8, 4) is 0 Å². The molecule has 6 heterocycles. The molecule has 4 aromatic rings. The van der Waals surface area contributed by atoms with Crippen molar-refractivity contribution in [1.82, 2.24) is 25.5 Å². The van der Waals surface area contributed by atoms with E-state index in [2.05, 4.69) is 73.4 Å². The number of allylic oxidation sites excluding steroid dienone is 1. The third kappa shape index (κ3) is 15.3. The van der Waals surface area contributed by atoms with Gasteiger partial charge in [0, 0.05) is 87.2 Å². The van der Waals surface area contributed by atoms with Crippen molar-refractivity contribution in [1.29, 1.82) is 0 Å². The van der Waals surface area contributed by atoms with Crippen LogP contribution in [-0.2, 0) is 38.1 Å².